The Balaban J connectivity index is 2.92. The second kappa shape index (κ2) is 4.74. The molecule has 0 heterocycles. The molecule has 1 aromatic rings. The van der Waals surface area contributed by atoms with Crippen molar-refractivity contribution < 1.29 is 9.18 Å². The number of rotatable bonds is 2. The zero-order valence-electron chi connectivity index (χ0n) is 6.96. The lowest BCUT2D eigenvalue weighted by Gasteiger charge is -2.02. The molecule has 1 amide bonds. The summed E-state index contributed by atoms with van der Waals surface area (Å²) in [6.07, 6.45) is 2.11. The van der Waals surface area contributed by atoms with Crippen molar-refractivity contribution in [1.82, 2.24) is 5.48 Å². The molecule has 0 spiro atoms. The maximum Gasteiger partial charge on any atom is 0.233 e. The van der Waals surface area contributed by atoms with Crippen LogP contribution < -0.4 is 5.48 Å². The molecule has 0 aliphatic carbocycles. The normalized spacial score (nSPS) is 10.5. The van der Waals surface area contributed by atoms with Gasteiger partial charge in [0.15, 0.2) is 0 Å². The van der Waals surface area contributed by atoms with Crippen molar-refractivity contribution in [2.24, 2.45) is 0 Å². The number of amides is 1. The standard InChI is InChI=1S/C9H6ClFNO2/c10-7-3-1-2-6(9(7)11)4-5-8(13)12-14/h1-5H,(H-,12,13,14)/q-1/b5-4+. The van der Waals surface area contributed by atoms with Crippen LogP contribution in [0.1, 0.15) is 5.56 Å². The van der Waals surface area contributed by atoms with Gasteiger partial charge in [-0.1, -0.05) is 23.7 Å². The number of benzene rings is 1. The van der Waals surface area contributed by atoms with Crippen molar-refractivity contribution in [3.63, 3.8) is 0 Å². The van der Waals surface area contributed by atoms with Crippen molar-refractivity contribution in [2.75, 3.05) is 0 Å². The summed E-state index contributed by atoms with van der Waals surface area (Å²) in [6.45, 7) is 0. The zero-order valence-corrected chi connectivity index (χ0v) is 7.72. The number of nitrogens with one attached hydrogen (secondary N) is 1. The molecule has 0 saturated heterocycles. The number of hydrogen-bond acceptors (Lipinski definition) is 2. The highest BCUT2D eigenvalue weighted by molar-refractivity contribution is 6.30. The van der Waals surface area contributed by atoms with E-state index in [1.807, 2.05) is 0 Å². The molecule has 1 rings (SSSR count). The van der Waals surface area contributed by atoms with Crippen LogP contribution in [0.5, 0.6) is 0 Å². The Bertz CT molecular complexity index is 379. The quantitative estimate of drug-likeness (QED) is 0.606. The van der Waals surface area contributed by atoms with Crippen LogP contribution >= 0.6 is 11.6 Å². The molecule has 0 bridgehead atoms. The minimum Gasteiger partial charge on any atom is -0.759 e. The highest BCUT2D eigenvalue weighted by atomic mass is 35.5. The topological polar surface area (TPSA) is 52.2 Å². The van der Waals surface area contributed by atoms with Gasteiger partial charge in [0.2, 0.25) is 5.91 Å². The summed E-state index contributed by atoms with van der Waals surface area (Å²) >= 11 is 5.49. The average molecular weight is 215 g/mol. The second-order valence-corrected chi connectivity index (χ2v) is 2.85. The van der Waals surface area contributed by atoms with Crippen LogP contribution in [-0.4, -0.2) is 5.91 Å². The first-order chi connectivity index (χ1) is 6.65. The SMILES string of the molecule is O=C(/C=C/c1cccc(Cl)c1F)N[O-]. The Hall–Kier alpha value is -1.39. The Kier molecular flexibility index (Phi) is 3.62. The molecule has 0 saturated carbocycles. The van der Waals surface area contributed by atoms with Crippen molar-refractivity contribution in [3.05, 3.63) is 45.9 Å². The van der Waals surface area contributed by atoms with Gasteiger partial charge in [-0.25, -0.2) is 4.39 Å². The van der Waals surface area contributed by atoms with Gasteiger partial charge in [-0.05, 0) is 12.1 Å². The summed E-state index contributed by atoms with van der Waals surface area (Å²) in [5, 5.41) is 9.80. The van der Waals surface area contributed by atoms with Crippen LogP contribution in [-0.2, 0) is 4.79 Å². The molecule has 0 aliphatic heterocycles. The molecule has 1 aromatic carbocycles. The second-order valence-electron chi connectivity index (χ2n) is 2.44. The molecule has 5 heteroatoms. The fraction of sp³-hybridized carbons (Fsp3) is 0. The van der Waals surface area contributed by atoms with Crippen LogP contribution in [0.4, 0.5) is 4.39 Å². The highest BCUT2D eigenvalue weighted by Crippen LogP contribution is 2.18. The van der Waals surface area contributed by atoms with E-state index in [-0.39, 0.29) is 10.6 Å². The molecule has 74 valence electrons. The molecule has 0 unspecified atom stereocenters. The summed E-state index contributed by atoms with van der Waals surface area (Å²) < 4.78 is 13.2. The number of carbonyl (C=O) groups excluding carboxylic acids is 1. The summed E-state index contributed by atoms with van der Waals surface area (Å²) in [6, 6.07) is 4.37. The van der Waals surface area contributed by atoms with Crippen molar-refractivity contribution >= 4 is 23.6 Å². The average Bonchev–Trinajstić information content (AvgIpc) is 2.20. The van der Waals surface area contributed by atoms with Gasteiger partial charge in [0.1, 0.15) is 5.82 Å². The van der Waals surface area contributed by atoms with Gasteiger partial charge >= 0.3 is 0 Å². The molecular weight excluding hydrogens is 209 g/mol. The number of halogens is 2. The Labute approximate surface area is 84.8 Å². The molecule has 1 N–H and O–H groups in total. The first kappa shape index (κ1) is 10.7. The van der Waals surface area contributed by atoms with Gasteiger partial charge in [-0.2, -0.15) is 0 Å². The molecule has 0 atom stereocenters. The lowest BCUT2D eigenvalue weighted by Crippen LogP contribution is -2.11. The van der Waals surface area contributed by atoms with Crippen LogP contribution in [0.25, 0.3) is 6.08 Å². The predicted molar refractivity (Wildman–Crippen MR) is 52.0 cm³/mol. The fourth-order valence-electron chi connectivity index (χ4n) is 0.849. The van der Waals surface area contributed by atoms with Gasteiger partial charge < -0.3 is 10.7 Å². The number of carbonyl (C=O) groups is 1. The molecule has 0 fully saturated rings. The molecule has 14 heavy (non-hydrogen) atoms. The van der Waals surface area contributed by atoms with Crippen molar-refractivity contribution in [3.8, 4) is 0 Å². The summed E-state index contributed by atoms with van der Waals surface area (Å²) in [7, 11) is 0. The highest BCUT2D eigenvalue weighted by Gasteiger charge is 2.02. The largest absolute Gasteiger partial charge is 0.759 e. The van der Waals surface area contributed by atoms with Crippen molar-refractivity contribution in [2.45, 2.75) is 0 Å². The van der Waals surface area contributed by atoms with E-state index in [0.717, 1.165) is 11.6 Å². The number of hydroxylamine groups is 1. The molecule has 0 aromatic heterocycles. The van der Waals surface area contributed by atoms with E-state index in [2.05, 4.69) is 0 Å². The molecule has 3 nitrogen and oxygen atoms in total. The van der Waals surface area contributed by atoms with Crippen LogP contribution in [0.15, 0.2) is 24.3 Å². The van der Waals surface area contributed by atoms with E-state index < -0.39 is 11.7 Å². The van der Waals surface area contributed by atoms with E-state index in [1.165, 1.54) is 18.2 Å². The number of hydrogen-bond donors (Lipinski definition) is 1. The van der Waals surface area contributed by atoms with Gasteiger partial charge in [-0.15, -0.1) is 0 Å². The fourth-order valence-corrected chi connectivity index (χ4v) is 1.03. The molecule has 0 radical (unpaired) electrons. The first-order valence-corrected chi connectivity index (χ1v) is 4.07. The zero-order chi connectivity index (χ0) is 10.6. The Morgan fingerprint density at radius 1 is 1.57 bits per heavy atom. The predicted octanol–water partition coefficient (Wildman–Crippen LogP) is 2.11. The lowest BCUT2D eigenvalue weighted by molar-refractivity contribution is -0.115. The van der Waals surface area contributed by atoms with Crippen LogP contribution in [0, 0.1) is 11.0 Å². The van der Waals surface area contributed by atoms with Crippen LogP contribution in [0.3, 0.4) is 0 Å². The van der Waals surface area contributed by atoms with E-state index in [0.29, 0.717) is 0 Å². The van der Waals surface area contributed by atoms with E-state index in [4.69, 9.17) is 11.6 Å². The van der Waals surface area contributed by atoms with Gasteiger partial charge in [0.05, 0.1) is 5.02 Å². The van der Waals surface area contributed by atoms with Gasteiger partial charge in [0, 0.05) is 11.6 Å². The Morgan fingerprint density at radius 3 is 2.93 bits per heavy atom. The third-order valence-electron chi connectivity index (χ3n) is 1.50. The monoisotopic (exact) mass is 214 g/mol. The maximum absolute atomic E-state index is 13.2. The van der Waals surface area contributed by atoms with E-state index >= 15 is 0 Å². The van der Waals surface area contributed by atoms with Gasteiger partial charge in [-0.3, -0.25) is 4.79 Å². The first-order valence-electron chi connectivity index (χ1n) is 3.69. The lowest BCUT2D eigenvalue weighted by atomic mass is 10.2. The van der Waals surface area contributed by atoms with E-state index in [1.54, 1.807) is 6.07 Å². The maximum atomic E-state index is 13.2. The summed E-state index contributed by atoms with van der Waals surface area (Å²) in [4.78, 5) is 10.5. The Morgan fingerprint density at radius 2 is 2.29 bits per heavy atom. The van der Waals surface area contributed by atoms with Crippen molar-refractivity contribution in [1.29, 1.82) is 0 Å². The molecular formula is C9H6ClFNO2-. The smallest absolute Gasteiger partial charge is 0.233 e. The van der Waals surface area contributed by atoms with Gasteiger partial charge in [0.25, 0.3) is 0 Å². The minimum atomic E-state index is -0.843. The molecule has 0 aliphatic rings. The third kappa shape index (κ3) is 2.55. The summed E-state index contributed by atoms with van der Waals surface area (Å²) in [5.74, 6) is -1.46. The summed E-state index contributed by atoms with van der Waals surface area (Å²) in [5.41, 5.74) is 1.29. The minimum absolute atomic E-state index is 0.0327. The van der Waals surface area contributed by atoms with E-state index in [9.17, 15) is 14.4 Å². The third-order valence-corrected chi connectivity index (χ3v) is 1.79. The van der Waals surface area contributed by atoms with Crippen LogP contribution in [0.2, 0.25) is 5.02 Å².